The molecular weight excluding hydrogens is 242 g/mol. The van der Waals surface area contributed by atoms with Crippen molar-refractivity contribution in [3.63, 3.8) is 0 Å². The number of thiophene rings is 1. The van der Waals surface area contributed by atoms with E-state index in [9.17, 15) is 4.79 Å². The third-order valence-electron chi connectivity index (χ3n) is 2.41. The van der Waals surface area contributed by atoms with E-state index in [2.05, 4.69) is 5.32 Å². The van der Waals surface area contributed by atoms with Gasteiger partial charge in [-0.25, -0.2) is 0 Å². The summed E-state index contributed by atoms with van der Waals surface area (Å²) in [6, 6.07) is 1.97. The molecular formula is C12H18ClNOS. The van der Waals surface area contributed by atoms with E-state index in [1.807, 2.05) is 18.4 Å². The van der Waals surface area contributed by atoms with Gasteiger partial charge in [0, 0.05) is 12.4 Å². The van der Waals surface area contributed by atoms with Gasteiger partial charge in [-0.15, -0.1) is 22.9 Å². The first kappa shape index (κ1) is 13.5. The molecule has 0 spiro atoms. The number of amides is 1. The van der Waals surface area contributed by atoms with Gasteiger partial charge in [0.15, 0.2) is 0 Å². The van der Waals surface area contributed by atoms with Gasteiger partial charge in [-0.2, -0.15) is 0 Å². The monoisotopic (exact) mass is 259 g/mol. The van der Waals surface area contributed by atoms with E-state index < -0.39 is 0 Å². The van der Waals surface area contributed by atoms with Gasteiger partial charge in [-0.05, 0) is 36.8 Å². The van der Waals surface area contributed by atoms with Crippen LogP contribution in [-0.2, 0) is 0 Å². The van der Waals surface area contributed by atoms with E-state index in [1.54, 1.807) is 0 Å². The highest BCUT2D eigenvalue weighted by Gasteiger charge is 2.08. The van der Waals surface area contributed by atoms with Crippen LogP contribution in [0.2, 0.25) is 0 Å². The fraction of sp³-hybridized carbons (Fsp3) is 0.583. The Morgan fingerprint density at radius 2 is 2.12 bits per heavy atom. The van der Waals surface area contributed by atoms with Crippen LogP contribution in [-0.4, -0.2) is 18.3 Å². The molecule has 16 heavy (non-hydrogen) atoms. The lowest BCUT2D eigenvalue weighted by molar-refractivity contribution is 0.0956. The van der Waals surface area contributed by atoms with Crippen molar-refractivity contribution >= 4 is 28.8 Å². The molecule has 0 bridgehead atoms. The summed E-state index contributed by atoms with van der Waals surface area (Å²) < 4.78 is 0. The minimum Gasteiger partial charge on any atom is -0.351 e. The number of carbonyl (C=O) groups is 1. The molecule has 0 unspecified atom stereocenters. The second kappa shape index (κ2) is 7.69. The highest BCUT2D eigenvalue weighted by Crippen LogP contribution is 2.14. The highest BCUT2D eigenvalue weighted by molar-refractivity contribution is 7.12. The Balaban J connectivity index is 2.14. The van der Waals surface area contributed by atoms with Crippen molar-refractivity contribution in [3.05, 3.63) is 21.9 Å². The van der Waals surface area contributed by atoms with Crippen molar-refractivity contribution in [3.8, 4) is 0 Å². The van der Waals surface area contributed by atoms with Crippen molar-refractivity contribution < 1.29 is 4.79 Å². The number of rotatable bonds is 7. The Labute approximate surface area is 106 Å². The molecule has 1 heterocycles. The van der Waals surface area contributed by atoms with Gasteiger partial charge in [0.05, 0.1) is 4.88 Å². The van der Waals surface area contributed by atoms with Crippen molar-refractivity contribution in [2.45, 2.75) is 32.6 Å². The van der Waals surface area contributed by atoms with Crippen molar-refractivity contribution in [2.75, 3.05) is 12.4 Å². The first-order chi connectivity index (χ1) is 7.75. The van der Waals surface area contributed by atoms with Crippen LogP contribution in [0.15, 0.2) is 11.4 Å². The zero-order valence-electron chi connectivity index (χ0n) is 9.59. The predicted octanol–water partition coefficient (Wildman–Crippen LogP) is 3.59. The van der Waals surface area contributed by atoms with Crippen LogP contribution >= 0.6 is 22.9 Å². The number of aryl methyl sites for hydroxylation is 1. The number of halogens is 1. The zero-order valence-corrected chi connectivity index (χ0v) is 11.2. The Morgan fingerprint density at radius 3 is 2.75 bits per heavy atom. The maximum absolute atomic E-state index is 11.7. The lowest BCUT2D eigenvalue weighted by atomic mass is 10.2. The third-order valence-corrected chi connectivity index (χ3v) is 3.70. The van der Waals surface area contributed by atoms with Gasteiger partial charge in [0.1, 0.15) is 0 Å². The molecule has 1 amide bonds. The van der Waals surface area contributed by atoms with E-state index >= 15 is 0 Å². The molecule has 1 aromatic heterocycles. The normalized spacial score (nSPS) is 10.4. The molecule has 0 aliphatic rings. The Morgan fingerprint density at radius 1 is 1.38 bits per heavy atom. The van der Waals surface area contributed by atoms with E-state index in [4.69, 9.17) is 11.6 Å². The van der Waals surface area contributed by atoms with Crippen LogP contribution in [0.1, 0.15) is 40.9 Å². The number of unbranched alkanes of at least 4 members (excludes halogenated alkanes) is 3. The molecule has 0 saturated heterocycles. The SMILES string of the molecule is Cc1ccsc1C(=O)NCCCCCCCl. The molecule has 0 fully saturated rings. The average molecular weight is 260 g/mol. The molecule has 0 aliphatic carbocycles. The van der Waals surface area contributed by atoms with Crippen LogP contribution < -0.4 is 5.32 Å². The molecule has 0 aromatic carbocycles. The molecule has 0 saturated carbocycles. The summed E-state index contributed by atoms with van der Waals surface area (Å²) in [5.41, 5.74) is 1.06. The number of alkyl halides is 1. The fourth-order valence-electron chi connectivity index (χ4n) is 1.46. The van der Waals surface area contributed by atoms with Crippen molar-refractivity contribution in [1.82, 2.24) is 5.32 Å². The quantitative estimate of drug-likeness (QED) is 0.589. The summed E-state index contributed by atoms with van der Waals surface area (Å²) in [6.45, 7) is 2.73. The molecule has 1 N–H and O–H groups in total. The first-order valence-corrected chi connectivity index (χ1v) is 7.05. The molecule has 90 valence electrons. The number of nitrogens with one attached hydrogen (secondary N) is 1. The highest BCUT2D eigenvalue weighted by atomic mass is 35.5. The minimum absolute atomic E-state index is 0.0600. The number of hydrogen-bond donors (Lipinski definition) is 1. The summed E-state index contributed by atoms with van der Waals surface area (Å²) in [5.74, 6) is 0.797. The molecule has 1 rings (SSSR count). The van der Waals surface area contributed by atoms with Gasteiger partial charge >= 0.3 is 0 Å². The van der Waals surface area contributed by atoms with Gasteiger partial charge < -0.3 is 5.32 Å². The Hall–Kier alpha value is -0.540. The molecule has 1 aromatic rings. The molecule has 4 heteroatoms. The topological polar surface area (TPSA) is 29.1 Å². The summed E-state index contributed by atoms with van der Waals surface area (Å²) >= 11 is 7.08. The Kier molecular flexibility index (Phi) is 6.50. The maximum Gasteiger partial charge on any atom is 0.261 e. The third kappa shape index (κ3) is 4.54. The van der Waals surface area contributed by atoms with Crippen molar-refractivity contribution in [1.29, 1.82) is 0 Å². The Bertz CT molecular complexity index is 325. The second-order valence-electron chi connectivity index (χ2n) is 3.79. The lowest BCUT2D eigenvalue weighted by Crippen LogP contribution is -2.24. The van der Waals surface area contributed by atoms with Gasteiger partial charge in [-0.3, -0.25) is 4.79 Å². The predicted molar refractivity (Wildman–Crippen MR) is 70.6 cm³/mol. The number of hydrogen-bond acceptors (Lipinski definition) is 2. The van der Waals surface area contributed by atoms with Crippen LogP contribution in [0.5, 0.6) is 0 Å². The van der Waals surface area contributed by atoms with Gasteiger partial charge in [0.2, 0.25) is 0 Å². The zero-order chi connectivity index (χ0) is 11.8. The van der Waals surface area contributed by atoms with E-state index in [-0.39, 0.29) is 5.91 Å². The maximum atomic E-state index is 11.7. The first-order valence-electron chi connectivity index (χ1n) is 5.64. The van der Waals surface area contributed by atoms with E-state index in [0.717, 1.165) is 48.5 Å². The fourth-order valence-corrected chi connectivity index (χ4v) is 2.49. The van der Waals surface area contributed by atoms with Crippen molar-refractivity contribution in [2.24, 2.45) is 0 Å². The molecule has 2 nitrogen and oxygen atoms in total. The number of carbonyl (C=O) groups excluding carboxylic acids is 1. The van der Waals surface area contributed by atoms with Crippen LogP contribution in [0.3, 0.4) is 0 Å². The largest absolute Gasteiger partial charge is 0.351 e. The van der Waals surface area contributed by atoms with E-state index in [0.29, 0.717) is 0 Å². The molecule has 0 aliphatic heterocycles. The van der Waals surface area contributed by atoms with Crippen LogP contribution in [0.25, 0.3) is 0 Å². The smallest absolute Gasteiger partial charge is 0.261 e. The second-order valence-corrected chi connectivity index (χ2v) is 5.09. The molecule has 0 radical (unpaired) electrons. The van der Waals surface area contributed by atoms with E-state index in [1.165, 1.54) is 11.3 Å². The summed E-state index contributed by atoms with van der Waals surface area (Å²) in [7, 11) is 0. The van der Waals surface area contributed by atoms with Crippen LogP contribution in [0.4, 0.5) is 0 Å². The van der Waals surface area contributed by atoms with Gasteiger partial charge in [0.25, 0.3) is 5.91 Å². The summed E-state index contributed by atoms with van der Waals surface area (Å²) in [5, 5.41) is 4.89. The molecule has 0 atom stereocenters. The minimum atomic E-state index is 0.0600. The summed E-state index contributed by atoms with van der Waals surface area (Å²) in [6.07, 6.45) is 4.39. The van der Waals surface area contributed by atoms with Crippen LogP contribution in [0, 0.1) is 6.92 Å². The van der Waals surface area contributed by atoms with Gasteiger partial charge in [-0.1, -0.05) is 12.8 Å². The summed E-state index contributed by atoms with van der Waals surface area (Å²) in [4.78, 5) is 12.5. The lowest BCUT2D eigenvalue weighted by Gasteiger charge is -2.04. The standard InChI is InChI=1S/C12H18ClNOS/c1-10-6-9-16-11(10)12(15)14-8-5-3-2-4-7-13/h6,9H,2-5,7-8H2,1H3,(H,14,15). The average Bonchev–Trinajstić information content (AvgIpc) is 2.69.